The fourth-order valence-electron chi connectivity index (χ4n) is 2.85. The Hall–Kier alpha value is -3.00. The average Bonchev–Trinajstić information content (AvgIpc) is 2.65. The zero-order valence-corrected chi connectivity index (χ0v) is 15.8. The molecular weight excluding hydrogens is 369 g/mol. The summed E-state index contributed by atoms with van der Waals surface area (Å²) in [6.45, 7) is 1.74. The smallest absolute Gasteiger partial charge is 0.261 e. The Morgan fingerprint density at radius 2 is 2.04 bits per heavy atom. The van der Waals surface area contributed by atoms with Crippen molar-refractivity contribution in [1.82, 2.24) is 14.9 Å². The first kappa shape index (κ1) is 18.8. The number of halogens is 1. The first-order valence-corrected chi connectivity index (χ1v) is 8.60. The molecule has 6 nitrogen and oxygen atoms in total. The number of H-pyrrole nitrogens is 1. The predicted molar refractivity (Wildman–Crippen MR) is 103 cm³/mol. The van der Waals surface area contributed by atoms with Crippen molar-refractivity contribution in [1.29, 1.82) is 0 Å². The van der Waals surface area contributed by atoms with Gasteiger partial charge in [0.15, 0.2) is 4.77 Å². The first-order chi connectivity index (χ1) is 12.8. The van der Waals surface area contributed by atoms with Crippen LogP contribution in [-0.2, 0) is 7.05 Å². The van der Waals surface area contributed by atoms with E-state index in [4.69, 9.17) is 17.0 Å². The molecule has 0 unspecified atom stereocenters. The van der Waals surface area contributed by atoms with Crippen molar-refractivity contribution in [3.05, 3.63) is 68.5 Å². The van der Waals surface area contributed by atoms with Gasteiger partial charge in [-0.1, -0.05) is 0 Å². The molecule has 3 aromatic rings. The summed E-state index contributed by atoms with van der Waals surface area (Å²) < 4.78 is 20.4. The molecule has 2 N–H and O–H groups in total. The Bertz CT molecular complexity index is 1150. The molecule has 1 aromatic heterocycles. The standard InChI is InChI=1S/C19H18FN3O3S/c1-10(14-9-12(20)5-7-16(14)26-3)21-17(24)11-4-6-13-15(8-11)22-19(27)23(2)18(13)25/h4-10H,1-3H3,(H,21,24)(H,22,27)/t10-/m0/s1. The number of nitrogens with one attached hydrogen (secondary N) is 2. The molecule has 0 aliphatic rings. The monoisotopic (exact) mass is 387 g/mol. The van der Waals surface area contributed by atoms with E-state index in [2.05, 4.69) is 10.3 Å². The van der Waals surface area contributed by atoms with Gasteiger partial charge >= 0.3 is 0 Å². The number of carbonyl (C=O) groups is 1. The molecule has 3 rings (SSSR count). The maximum absolute atomic E-state index is 13.6. The third kappa shape index (κ3) is 3.61. The van der Waals surface area contributed by atoms with Crippen LogP contribution >= 0.6 is 12.2 Å². The fourth-order valence-corrected chi connectivity index (χ4v) is 3.04. The van der Waals surface area contributed by atoms with E-state index in [1.807, 2.05) is 0 Å². The van der Waals surface area contributed by atoms with Gasteiger partial charge in [-0.05, 0) is 55.5 Å². The number of methoxy groups -OCH3 is 1. The lowest BCUT2D eigenvalue weighted by Crippen LogP contribution is -2.27. The Balaban J connectivity index is 1.92. The number of aromatic nitrogens is 2. The molecule has 0 aliphatic heterocycles. The van der Waals surface area contributed by atoms with Crippen LogP contribution in [0.5, 0.6) is 5.75 Å². The highest BCUT2D eigenvalue weighted by Gasteiger charge is 2.17. The number of fused-ring (bicyclic) bond motifs is 1. The number of amides is 1. The van der Waals surface area contributed by atoms with Crippen molar-refractivity contribution in [3.8, 4) is 5.75 Å². The number of aromatic amines is 1. The van der Waals surface area contributed by atoms with E-state index in [9.17, 15) is 14.0 Å². The van der Waals surface area contributed by atoms with Gasteiger partial charge in [0.25, 0.3) is 11.5 Å². The SMILES string of the molecule is COc1ccc(F)cc1[C@H](C)NC(=O)c1ccc2c(=O)n(C)c(=S)[nH]c2c1. The van der Waals surface area contributed by atoms with E-state index in [-0.39, 0.29) is 16.2 Å². The third-order valence-electron chi connectivity index (χ3n) is 4.37. The van der Waals surface area contributed by atoms with E-state index in [1.54, 1.807) is 32.2 Å². The lowest BCUT2D eigenvalue weighted by molar-refractivity contribution is 0.0939. The van der Waals surface area contributed by atoms with Crippen LogP contribution < -0.4 is 15.6 Å². The van der Waals surface area contributed by atoms with Crippen molar-refractivity contribution >= 4 is 29.0 Å². The molecule has 0 spiro atoms. The van der Waals surface area contributed by atoms with Crippen LogP contribution in [0.25, 0.3) is 10.9 Å². The molecule has 0 saturated heterocycles. The lowest BCUT2D eigenvalue weighted by atomic mass is 10.1. The van der Waals surface area contributed by atoms with Crippen molar-refractivity contribution in [2.24, 2.45) is 7.05 Å². The second-order valence-corrected chi connectivity index (χ2v) is 6.52. The van der Waals surface area contributed by atoms with Gasteiger partial charge in [-0.15, -0.1) is 0 Å². The summed E-state index contributed by atoms with van der Waals surface area (Å²) >= 11 is 5.11. The number of benzene rings is 2. The largest absolute Gasteiger partial charge is 0.496 e. The Morgan fingerprint density at radius 1 is 1.30 bits per heavy atom. The number of rotatable bonds is 4. The van der Waals surface area contributed by atoms with Gasteiger partial charge in [0, 0.05) is 18.2 Å². The Labute approximate surface area is 159 Å². The van der Waals surface area contributed by atoms with Crippen LogP contribution in [0.3, 0.4) is 0 Å². The molecule has 2 aromatic carbocycles. The second-order valence-electron chi connectivity index (χ2n) is 6.14. The van der Waals surface area contributed by atoms with Gasteiger partial charge < -0.3 is 15.0 Å². The topological polar surface area (TPSA) is 76.1 Å². The third-order valence-corrected chi connectivity index (χ3v) is 4.74. The Morgan fingerprint density at radius 3 is 2.74 bits per heavy atom. The van der Waals surface area contributed by atoms with Gasteiger partial charge in [-0.2, -0.15) is 0 Å². The summed E-state index contributed by atoms with van der Waals surface area (Å²) in [5.74, 6) is -0.299. The minimum atomic E-state index is -0.485. The summed E-state index contributed by atoms with van der Waals surface area (Å²) in [6.07, 6.45) is 0. The number of hydrogen-bond donors (Lipinski definition) is 2. The molecule has 0 fully saturated rings. The highest BCUT2D eigenvalue weighted by Crippen LogP contribution is 2.26. The molecule has 0 bridgehead atoms. The van der Waals surface area contributed by atoms with Crippen molar-refractivity contribution in [2.75, 3.05) is 7.11 Å². The molecule has 1 atom stereocenters. The van der Waals surface area contributed by atoms with Crippen LogP contribution in [0.1, 0.15) is 28.9 Å². The van der Waals surface area contributed by atoms with Crippen molar-refractivity contribution in [2.45, 2.75) is 13.0 Å². The van der Waals surface area contributed by atoms with E-state index in [0.717, 1.165) is 0 Å². The maximum atomic E-state index is 13.6. The Kier molecular flexibility index (Phi) is 5.09. The van der Waals surface area contributed by atoms with Crippen LogP contribution in [0.2, 0.25) is 0 Å². The van der Waals surface area contributed by atoms with Gasteiger partial charge in [0.2, 0.25) is 0 Å². The highest BCUT2D eigenvalue weighted by molar-refractivity contribution is 7.71. The molecule has 140 valence electrons. The van der Waals surface area contributed by atoms with E-state index >= 15 is 0 Å². The lowest BCUT2D eigenvalue weighted by Gasteiger charge is -2.17. The molecule has 0 aliphatic carbocycles. The number of nitrogens with zero attached hydrogens (tertiary/aromatic N) is 1. The average molecular weight is 387 g/mol. The van der Waals surface area contributed by atoms with Crippen molar-refractivity contribution < 1.29 is 13.9 Å². The molecule has 27 heavy (non-hydrogen) atoms. The first-order valence-electron chi connectivity index (χ1n) is 8.19. The molecule has 1 amide bonds. The molecule has 0 radical (unpaired) electrons. The molecular formula is C19H18FN3O3S. The minimum absolute atomic E-state index is 0.237. The number of hydrogen-bond acceptors (Lipinski definition) is 4. The normalized spacial score (nSPS) is 12.0. The van der Waals surface area contributed by atoms with E-state index < -0.39 is 11.9 Å². The summed E-state index contributed by atoms with van der Waals surface area (Å²) in [5, 5.41) is 3.24. The van der Waals surface area contributed by atoms with Crippen LogP contribution in [0.15, 0.2) is 41.2 Å². The van der Waals surface area contributed by atoms with Crippen LogP contribution in [-0.4, -0.2) is 22.6 Å². The van der Waals surface area contributed by atoms with Crippen LogP contribution in [0.4, 0.5) is 4.39 Å². The number of carbonyl (C=O) groups excluding carboxylic acids is 1. The summed E-state index contributed by atoms with van der Waals surface area (Å²) in [5.41, 5.74) is 1.12. The van der Waals surface area contributed by atoms with Crippen molar-refractivity contribution in [3.63, 3.8) is 0 Å². The van der Waals surface area contributed by atoms with Gasteiger partial charge in [-0.3, -0.25) is 14.2 Å². The van der Waals surface area contributed by atoms with Gasteiger partial charge in [-0.25, -0.2) is 4.39 Å². The zero-order chi connectivity index (χ0) is 19.7. The second kappa shape index (κ2) is 7.32. The summed E-state index contributed by atoms with van der Waals surface area (Å²) in [4.78, 5) is 27.8. The molecule has 0 saturated carbocycles. The fraction of sp³-hybridized carbons (Fsp3) is 0.211. The zero-order valence-electron chi connectivity index (χ0n) is 15.0. The van der Waals surface area contributed by atoms with Gasteiger partial charge in [0.1, 0.15) is 11.6 Å². The summed E-state index contributed by atoms with van der Waals surface area (Å²) in [7, 11) is 3.06. The van der Waals surface area contributed by atoms with Gasteiger partial charge in [0.05, 0.1) is 24.1 Å². The summed E-state index contributed by atoms with van der Waals surface area (Å²) in [6, 6.07) is 8.35. The highest BCUT2D eigenvalue weighted by atomic mass is 32.1. The maximum Gasteiger partial charge on any atom is 0.261 e. The number of ether oxygens (including phenoxy) is 1. The molecule has 1 heterocycles. The molecule has 8 heteroatoms. The minimum Gasteiger partial charge on any atom is -0.496 e. The predicted octanol–water partition coefficient (Wildman–Crippen LogP) is 3.23. The quantitative estimate of drug-likeness (QED) is 0.674. The van der Waals surface area contributed by atoms with Crippen LogP contribution in [0, 0.1) is 10.6 Å². The van der Waals surface area contributed by atoms with E-state index in [1.165, 1.54) is 29.9 Å². The van der Waals surface area contributed by atoms with E-state index in [0.29, 0.717) is 27.8 Å².